The Bertz CT molecular complexity index is 1500. The van der Waals surface area contributed by atoms with Crippen molar-refractivity contribution in [3.05, 3.63) is 118 Å². The molecular weight excluding hydrogens is 529 g/mol. The maximum absolute atomic E-state index is 14.0. The van der Waals surface area contributed by atoms with Gasteiger partial charge in [0.2, 0.25) is 0 Å². The first kappa shape index (κ1) is 28.6. The van der Waals surface area contributed by atoms with Crippen molar-refractivity contribution >= 4 is 5.91 Å². The first-order valence-electron chi connectivity index (χ1n) is 13.9. The Morgan fingerprint density at radius 1 is 0.951 bits per heavy atom. The van der Waals surface area contributed by atoms with E-state index in [2.05, 4.69) is 34.8 Å². The number of amides is 1. The Balaban J connectivity index is 1.35. The molecule has 0 spiro atoms. The quantitative estimate of drug-likeness (QED) is 0.245. The molecule has 0 radical (unpaired) electrons. The van der Waals surface area contributed by atoms with E-state index in [1.54, 1.807) is 16.8 Å². The van der Waals surface area contributed by atoms with Crippen LogP contribution in [0, 0.1) is 17.5 Å². The van der Waals surface area contributed by atoms with Gasteiger partial charge in [0.05, 0.1) is 17.8 Å². The highest BCUT2D eigenvalue weighted by Crippen LogP contribution is 2.28. The number of hydrogen-bond acceptors (Lipinski definition) is 4. The van der Waals surface area contributed by atoms with Crippen LogP contribution in [-0.2, 0) is 32.2 Å². The summed E-state index contributed by atoms with van der Waals surface area (Å²) in [4.78, 5) is 13.6. The van der Waals surface area contributed by atoms with Crippen LogP contribution in [0.25, 0.3) is 5.69 Å². The molecule has 6 nitrogen and oxygen atoms in total. The van der Waals surface area contributed by atoms with Crippen molar-refractivity contribution < 1.29 is 23.1 Å². The van der Waals surface area contributed by atoms with Crippen LogP contribution in [0.15, 0.2) is 66.7 Å². The number of aliphatic hydroxyl groups excluding tert-OH is 1. The van der Waals surface area contributed by atoms with E-state index in [1.807, 2.05) is 12.1 Å². The largest absolute Gasteiger partial charge is 0.390 e. The molecule has 3 aromatic carbocycles. The molecule has 0 saturated carbocycles. The van der Waals surface area contributed by atoms with E-state index in [1.165, 1.54) is 29.8 Å². The molecule has 214 valence electrons. The highest BCUT2D eigenvalue weighted by Gasteiger charge is 2.30. The topological polar surface area (TPSA) is 79.2 Å². The van der Waals surface area contributed by atoms with Crippen molar-refractivity contribution in [2.24, 2.45) is 0 Å². The van der Waals surface area contributed by atoms with E-state index in [0.717, 1.165) is 42.1 Å². The van der Waals surface area contributed by atoms with Crippen LogP contribution in [0.1, 0.15) is 51.8 Å². The third kappa shape index (κ3) is 6.86. The summed E-state index contributed by atoms with van der Waals surface area (Å²) >= 11 is 0. The Morgan fingerprint density at radius 2 is 1.68 bits per heavy atom. The van der Waals surface area contributed by atoms with Gasteiger partial charge in [-0.3, -0.25) is 4.79 Å². The standard InChI is InChI=1S/C32H33F3N4O2/c1-2-20-5-3-6-21(13-20)18-36-19-30(40)28(16-22-14-24(34)17-25(35)15-22)37-32(41)31-27-7-4-8-29(27)39(38-31)26-11-9-23(33)10-12-26/h3,5-6,9-15,17,28,30,36,40H,2,4,7-8,16,18-19H2,1H3,(H,37,41). The van der Waals surface area contributed by atoms with Gasteiger partial charge < -0.3 is 15.7 Å². The number of hydrogen-bond donors (Lipinski definition) is 3. The zero-order valence-corrected chi connectivity index (χ0v) is 22.8. The van der Waals surface area contributed by atoms with Crippen LogP contribution in [0.3, 0.4) is 0 Å². The van der Waals surface area contributed by atoms with Gasteiger partial charge in [0.1, 0.15) is 17.5 Å². The molecule has 2 atom stereocenters. The first-order valence-corrected chi connectivity index (χ1v) is 13.9. The molecule has 4 aromatic rings. The van der Waals surface area contributed by atoms with Crippen molar-refractivity contribution in [3.63, 3.8) is 0 Å². The number of rotatable bonds is 11. The van der Waals surface area contributed by atoms with Crippen LogP contribution in [0.4, 0.5) is 13.2 Å². The minimum Gasteiger partial charge on any atom is -0.390 e. The van der Waals surface area contributed by atoms with Crippen molar-refractivity contribution in [1.29, 1.82) is 0 Å². The molecule has 5 rings (SSSR count). The lowest BCUT2D eigenvalue weighted by Crippen LogP contribution is -2.49. The highest BCUT2D eigenvalue weighted by molar-refractivity contribution is 5.94. The fourth-order valence-corrected chi connectivity index (χ4v) is 5.38. The van der Waals surface area contributed by atoms with Crippen LogP contribution in [0.5, 0.6) is 0 Å². The predicted octanol–water partition coefficient (Wildman–Crippen LogP) is 4.83. The Labute approximate surface area is 237 Å². The highest BCUT2D eigenvalue weighted by atomic mass is 19.1. The summed E-state index contributed by atoms with van der Waals surface area (Å²) in [7, 11) is 0. The zero-order valence-electron chi connectivity index (χ0n) is 22.8. The average Bonchev–Trinajstić information content (AvgIpc) is 3.56. The lowest BCUT2D eigenvalue weighted by atomic mass is 10.00. The van der Waals surface area contributed by atoms with Gasteiger partial charge in [0, 0.05) is 30.4 Å². The third-order valence-electron chi connectivity index (χ3n) is 7.46. The lowest BCUT2D eigenvalue weighted by Gasteiger charge is -2.25. The van der Waals surface area contributed by atoms with E-state index in [0.29, 0.717) is 24.2 Å². The Morgan fingerprint density at radius 3 is 2.41 bits per heavy atom. The zero-order chi connectivity index (χ0) is 28.9. The summed E-state index contributed by atoms with van der Waals surface area (Å²) in [6.45, 7) is 2.73. The van der Waals surface area contributed by atoms with Crippen molar-refractivity contribution in [2.45, 2.75) is 57.7 Å². The molecular formula is C32H33F3N4O2. The maximum atomic E-state index is 14.0. The summed E-state index contributed by atoms with van der Waals surface area (Å²) in [5.74, 6) is -2.32. The monoisotopic (exact) mass is 562 g/mol. The van der Waals surface area contributed by atoms with Crippen molar-refractivity contribution in [3.8, 4) is 5.69 Å². The molecule has 0 aliphatic heterocycles. The molecule has 3 N–H and O–H groups in total. The second-order valence-corrected chi connectivity index (χ2v) is 10.4. The number of aromatic nitrogens is 2. The fraction of sp³-hybridized carbons (Fsp3) is 0.312. The van der Waals surface area contributed by atoms with E-state index in [9.17, 15) is 23.1 Å². The van der Waals surface area contributed by atoms with Gasteiger partial charge in [0.15, 0.2) is 5.69 Å². The number of fused-ring (bicyclic) bond motifs is 1. The SMILES string of the molecule is CCc1cccc(CNCC(O)C(Cc2cc(F)cc(F)c2)NC(=O)c2nn(-c3ccc(F)cc3)c3c2CCC3)c1. The summed E-state index contributed by atoms with van der Waals surface area (Å²) in [6, 6.07) is 16.3. The van der Waals surface area contributed by atoms with E-state index < -0.39 is 29.7 Å². The fourth-order valence-electron chi connectivity index (χ4n) is 5.38. The summed E-state index contributed by atoms with van der Waals surface area (Å²) in [5, 5.41) is 21.8. The number of aryl methyl sites for hydroxylation is 1. The van der Waals surface area contributed by atoms with Gasteiger partial charge in [-0.05, 0) is 85.2 Å². The van der Waals surface area contributed by atoms with Gasteiger partial charge in [-0.1, -0.05) is 31.2 Å². The number of benzene rings is 3. The molecule has 1 aliphatic rings. The number of nitrogens with zero attached hydrogens (tertiary/aromatic N) is 2. The second-order valence-electron chi connectivity index (χ2n) is 10.4. The minimum atomic E-state index is -1.06. The van der Waals surface area contributed by atoms with Gasteiger partial charge in [-0.15, -0.1) is 0 Å². The molecule has 41 heavy (non-hydrogen) atoms. The van der Waals surface area contributed by atoms with E-state index in [-0.39, 0.29) is 24.5 Å². The second kappa shape index (κ2) is 12.7. The summed E-state index contributed by atoms with van der Waals surface area (Å²) < 4.78 is 43.1. The number of carbonyl (C=O) groups is 1. The smallest absolute Gasteiger partial charge is 0.272 e. The summed E-state index contributed by atoms with van der Waals surface area (Å²) in [6.07, 6.45) is 2.11. The maximum Gasteiger partial charge on any atom is 0.272 e. The van der Waals surface area contributed by atoms with Crippen molar-refractivity contribution in [2.75, 3.05) is 6.54 Å². The van der Waals surface area contributed by atoms with Crippen molar-refractivity contribution in [1.82, 2.24) is 20.4 Å². The van der Waals surface area contributed by atoms with Gasteiger partial charge in [-0.2, -0.15) is 5.10 Å². The van der Waals surface area contributed by atoms with Gasteiger partial charge in [0.25, 0.3) is 5.91 Å². The molecule has 1 amide bonds. The number of carbonyl (C=O) groups excluding carboxylic acids is 1. The van der Waals surface area contributed by atoms with Gasteiger partial charge in [-0.25, -0.2) is 17.9 Å². The molecule has 0 saturated heterocycles. The number of nitrogens with one attached hydrogen (secondary N) is 2. The average molecular weight is 563 g/mol. The van der Waals surface area contributed by atoms with E-state index >= 15 is 0 Å². The van der Waals surface area contributed by atoms with E-state index in [4.69, 9.17) is 0 Å². The molecule has 1 heterocycles. The number of aliphatic hydroxyl groups is 1. The third-order valence-corrected chi connectivity index (χ3v) is 7.46. The first-order chi connectivity index (χ1) is 19.8. The number of halogens is 3. The molecule has 9 heteroatoms. The van der Waals surface area contributed by atoms with Crippen LogP contribution < -0.4 is 10.6 Å². The molecule has 0 fully saturated rings. The summed E-state index contributed by atoms with van der Waals surface area (Å²) in [5.41, 5.74) is 5.15. The van der Waals surface area contributed by atoms with Gasteiger partial charge >= 0.3 is 0 Å². The molecule has 2 unspecified atom stereocenters. The molecule has 1 aliphatic carbocycles. The Hall–Kier alpha value is -3.95. The molecule has 0 bridgehead atoms. The predicted molar refractivity (Wildman–Crippen MR) is 150 cm³/mol. The van der Waals surface area contributed by atoms with Crippen LogP contribution in [-0.4, -0.2) is 39.5 Å². The van der Waals surface area contributed by atoms with Crippen LogP contribution in [0.2, 0.25) is 0 Å². The minimum absolute atomic E-state index is 0.00937. The Kier molecular flexibility index (Phi) is 8.85. The van der Waals surface area contributed by atoms with Crippen LogP contribution >= 0.6 is 0 Å². The normalized spacial score (nSPS) is 14.1. The molecule has 1 aromatic heterocycles. The lowest BCUT2D eigenvalue weighted by molar-refractivity contribution is 0.0824.